The second-order valence-corrected chi connectivity index (χ2v) is 5.51. The predicted octanol–water partition coefficient (Wildman–Crippen LogP) is 3.16. The van der Waals surface area contributed by atoms with Crippen molar-refractivity contribution in [2.45, 2.75) is 19.8 Å². The summed E-state index contributed by atoms with van der Waals surface area (Å²) in [5, 5.41) is 32.5. The minimum atomic E-state index is -0.577. The lowest BCUT2D eigenvalue weighted by Crippen LogP contribution is -2.27. The average molecular weight is 381 g/mol. The van der Waals surface area contributed by atoms with E-state index in [9.17, 15) is 10.1 Å². The van der Waals surface area contributed by atoms with Crippen molar-refractivity contribution < 1.29 is 9.66 Å². The zero-order valence-corrected chi connectivity index (χ0v) is 15.3. The van der Waals surface area contributed by atoms with Gasteiger partial charge in [-0.05, 0) is 19.1 Å². The first-order valence-electron chi connectivity index (χ1n) is 8.59. The fourth-order valence-electron chi connectivity index (χ4n) is 2.53. The maximum atomic E-state index is 11.8. The monoisotopic (exact) mass is 381 g/mol. The molecule has 1 aromatic heterocycles. The Morgan fingerprint density at radius 3 is 2.50 bits per heavy atom. The SMILES string of the molecule is CCOc1ccccc1Nc1ncnc(N(CCC#N)CCC#N)c1[N+](=O)[O-]. The second-order valence-electron chi connectivity index (χ2n) is 5.51. The van der Waals surface area contributed by atoms with E-state index in [2.05, 4.69) is 15.3 Å². The van der Waals surface area contributed by atoms with E-state index >= 15 is 0 Å². The van der Waals surface area contributed by atoms with Crippen LogP contribution < -0.4 is 15.0 Å². The van der Waals surface area contributed by atoms with E-state index in [0.29, 0.717) is 18.0 Å². The summed E-state index contributed by atoms with van der Waals surface area (Å²) in [5.41, 5.74) is 0.197. The highest BCUT2D eigenvalue weighted by Gasteiger charge is 2.27. The Hall–Kier alpha value is -3.92. The molecule has 10 nitrogen and oxygen atoms in total. The van der Waals surface area contributed by atoms with Crippen molar-refractivity contribution in [3.8, 4) is 17.9 Å². The number of nitrogens with one attached hydrogen (secondary N) is 1. The molecule has 0 radical (unpaired) electrons. The highest BCUT2D eigenvalue weighted by atomic mass is 16.6. The first-order chi connectivity index (χ1) is 13.6. The van der Waals surface area contributed by atoms with Crippen LogP contribution in [0.4, 0.5) is 23.0 Å². The molecule has 0 unspecified atom stereocenters. The smallest absolute Gasteiger partial charge is 0.353 e. The van der Waals surface area contributed by atoms with Crippen LogP contribution in [0.15, 0.2) is 30.6 Å². The Labute approximate surface area is 162 Å². The van der Waals surface area contributed by atoms with Gasteiger partial charge >= 0.3 is 5.69 Å². The number of benzene rings is 1. The van der Waals surface area contributed by atoms with Crippen LogP contribution in [0.25, 0.3) is 0 Å². The molecule has 0 aliphatic rings. The maximum Gasteiger partial charge on any atom is 0.353 e. The molecule has 0 aliphatic carbocycles. The summed E-state index contributed by atoms with van der Waals surface area (Å²) >= 11 is 0. The molecule has 0 saturated carbocycles. The minimum Gasteiger partial charge on any atom is -0.492 e. The largest absolute Gasteiger partial charge is 0.492 e. The quantitative estimate of drug-likeness (QED) is 0.485. The molecule has 0 amide bonds. The molecule has 2 rings (SSSR count). The van der Waals surface area contributed by atoms with Crippen molar-refractivity contribution >= 4 is 23.0 Å². The summed E-state index contributed by atoms with van der Waals surface area (Å²) in [5.74, 6) is 0.591. The first kappa shape index (κ1) is 20.4. The molecule has 144 valence electrons. The Morgan fingerprint density at radius 1 is 1.21 bits per heavy atom. The lowest BCUT2D eigenvalue weighted by atomic mass is 10.2. The molecule has 0 saturated heterocycles. The molecule has 0 fully saturated rings. The number of hydrogen-bond acceptors (Lipinski definition) is 9. The van der Waals surface area contributed by atoms with Crippen LogP contribution in [-0.4, -0.2) is 34.6 Å². The molecular weight excluding hydrogens is 362 g/mol. The van der Waals surface area contributed by atoms with Crippen LogP contribution in [-0.2, 0) is 0 Å². The predicted molar refractivity (Wildman–Crippen MR) is 102 cm³/mol. The van der Waals surface area contributed by atoms with Crippen LogP contribution in [0.3, 0.4) is 0 Å². The van der Waals surface area contributed by atoms with Gasteiger partial charge in [0.1, 0.15) is 12.1 Å². The number of aromatic nitrogens is 2. The van der Waals surface area contributed by atoms with E-state index < -0.39 is 4.92 Å². The van der Waals surface area contributed by atoms with Crippen LogP contribution in [0, 0.1) is 32.8 Å². The fourth-order valence-corrected chi connectivity index (χ4v) is 2.53. The molecule has 1 aromatic carbocycles. The molecule has 0 spiro atoms. The number of nitro groups is 1. The molecule has 0 aliphatic heterocycles. The molecule has 0 bridgehead atoms. The van der Waals surface area contributed by atoms with Gasteiger partial charge in [-0.2, -0.15) is 10.5 Å². The van der Waals surface area contributed by atoms with E-state index in [-0.39, 0.29) is 43.3 Å². The van der Waals surface area contributed by atoms with Gasteiger partial charge in [0.05, 0.1) is 42.2 Å². The van der Waals surface area contributed by atoms with Gasteiger partial charge in [-0.3, -0.25) is 10.1 Å². The van der Waals surface area contributed by atoms with E-state index in [1.165, 1.54) is 6.33 Å². The van der Waals surface area contributed by atoms with Gasteiger partial charge in [-0.15, -0.1) is 0 Å². The third-order valence-electron chi connectivity index (χ3n) is 3.71. The van der Waals surface area contributed by atoms with Gasteiger partial charge in [-0.1, -0.05) is 12.1 Å². The topological polar surface area (TPSA) is 141 Å². The molecule has 1 heterocycles. The van der Waals surface area contributed by atoms with Crippen molar-refractivity contribution in [3.63, 3.8) is 0 Å². The van der Waals surface area contributed by atoms with Crippen molar-refractivity contribution in [3.05, 3.63) is 40.7 Å². The van der Waals surface area contributed by atoms with Gasteiger partial charge in [-0.25, -0.2) is 9.97 Å². The molecule has 10 heteroatoms. The number of rotatable bonds is 10. The van der Waals surface area contributed by atoms with Gasteiger partial charge in [0.2, 0.25) is 11.6 Å². The summed E-state index contributed by atoms with van der Waals surface area (Å²) in [7, 11) is 0. The van der Waals surface area contributed by atoms with Gasteiger partial charge in [0.25, 0.3) is 0 Å². The standard InChI is InChI=1S/C18H19N7O3/c1-2-28-15-8-4-3-7-14(15)23-17-16(25(26)27)18(22-13-21-17)24(11-5-9-19)12-6-10-20/h3-4,7-8,13H,2,5-6,11-12H2,1H3,(H,21,22,23). The summed E-state index contributed by atoms with van der Waals surface area (Å²) < 4.78 is 5.54. The van der Waals surface area contributed by atoms with Crippen molar-refractivity contribution in [2.24, 2.45) is 0 Å². The summed E-state index contributed by atoms with van der Waals surface area (Å²) in [6.07, 6.45) is 1.49. The zero-order valence-electron chi connectivity index (χ0n) is 15.3. The number of ether oxygens (including phenoxy) is 1. The van der Waals surface area contributed by atoms with E-state index in [1.807, 2.05) is 19.1 Å². The summed E-state index contributed by atoms with van der Waals surface area (Å²) in [6, 6.07) is 11.0. The highest BCUT2D eigenvalue weighted by Crippen LogP contribution is 2.36. The zero-order chi connectivity index (χ0) is 20.4. The lowest BCUT2D eigenvalue weighted by molar-refractivity contribution is -0.383. The number of nitrogens with zero attached hydrogens (tertiary/aromatic N) is 6. The number of hydrogen-bond donors (Lipinski definition) is 1. The van der Waals surface area contributed by atoms with Crippen molar-refractivity contribution in [1.82, 2.24) is 9.97 Å². The van der Waals surface area contributed by atoms with E-state index in [0.717, 1.165) is 0 Å². The van der Waals surface area contributed by atoms with Crippen molar-refractivity contribution in [1.29, 1.82) is 10.5 Å². The van der Waals surface area contributed by atoms with Gasteiger partial charge in [0, 0.05) is 13.1 Å². The van der Waals surface area contributed by atoms with Gasteiger partial charge < -0.3 is 15.0 Å². The van der Waals surface area contributed by atoms with Gasteiger partial charge in [0.15, 0.2) is 0 Å². The molecule has 0 atom stereocenters. The Morgan fingerprint density at radius 2 is 1.89 bits per heavy atom. The van der Waals surface area contributed by atoms with Crippen LogP contribution in [0.2, 0.25) is 0 Å². The summed E-state index contributed by atoms with van der Waals surface area (Å²) in [6.45, 7) is 2.70. The highest BCUT2D eigenvalue weighted by molar-refractivity contribution is 5.76. The minimum absolute atomic E-state index is 0.000989. The van der Waals surface area contributed by atoms with Crippen LogP contribution >= 0.6 is 0 Å². The molecule has 2 aromatic rings. The Balaban J connectivity index is 2.46. The first-order valence-corrected chi connectivity index (χ1v) is 8.59. The van der Waals surface area contributed by atoms with E-state index in [4.69, 9.17) is 15.3 Å². The molecule has 1 N–H and O–H groups in total. The Kier molecular flexibility index (Phi) is 7.49. The average Bonchev–Trinajstić information content (AvgIpc) is 2.69. The molecule has 28 heavy (non-hydrogen) atoms. The molecular formula is C18H19N7O3. The number of nitriles is 2. The maximum absolute atomic E-state index is 11.8. The number of para-hydroxylation sites is 2. The fraction of sp³-hybridized carbons (Fsp3) is 0.333. The third kappa shape index (κ3) is 5.05. The lowest BCUT2D eigenvalue weighted by Gasteiger charge is -2.21. The normalized spacial score (nSPS) is 9.82. The third-order valence-corrected chi connectivity index (χ3v) is 3.71. The van der Waals surface area contributed by atoms with Crippen LogP contribution in [0.5, 0.6) is 5.75 Å². The van der Waals surface area contributed by atoms with Crippen molar-refractivity contribution in [2.75, 3.05) is 29.9 Å². The van der Waals surface area contributed by atoms with E-state index in [1.54, 1.807) is 29.2 Å². The summed E-state index contributed by atoms with van der Waals surface area (Å²) in [4.78, 5) is 20.8. The Bertz CT molecular complexity index is 887. The van der Waals surface area contributed by atoms with Crippen LogP contribution in [0.1, 0.15) is 19.8 Å². The number of anilines is 3. The second kappa shape index (κ2) is 10.3.